The molecule has 1 aliphatic rings. The molecule has 1 aromatic carbocycles. The number of benzene rings is 1. The van der Waals surface area contributed by atoms with Crippen molar-refractivity contribution in [3.63, 3.8) is 0 Å². The van der Waals surface area contributed by atoms with Crippen LogP contribution in [0.3, 0.4) is 0 Å². The first-order valence-corrected chi connectivity index (χ1v) is 9.22. The van der Waals surface area contributed by atoms with E-state index in [2.05, 4.69) is 22.6 Å². The molecule has 0 aliphatic carbocycles. The molecule has 0 spiro atoms. The number of hydrogen-bond acceptors (Lipinski definition) is 5. The summed E-state index contributed by atoms with van der Waals surface area (Å²) in [5.74, 6) is 0.0449. The second-order valence-corrected chi connectivity index (χ2v) is 8.19. The summed E-state index contributed by atoms with van der Waals surface area (Å²) >= 11 is 2.14. The van der Waals surface area contributed by atoms with Gasteiger partial charge in [-0.1, -0.05) is 6.07 Å². The molecular weight excluding hydrogens is 393 g/mol. The van der Waals surface area contributed by atoms with Crippen molar-refractivity contribution in [2.24, 2.45) is 0 Å². The molecule has 0 bridgehead atoms. The molecule has 0 aromatic heterocycles. The molecule has 1 saturated heterocycles. The normalized spacial score (nSPS) is 18.6. The van der Waals surface area contributed by atoms with Crippen LogP contribution in [0, 0.1) is 3.57 Å². The Balaban J connectivity index is 1.75. The van der Waals surface area contributed by atoms with Gasteiger partial charge >= 0.3 is 5.97 Å². The van der Waals surface area contributed by atoms with E-state index in [-0.39, 0.29) is 24.1 Å². The number of rotatable bonds is 4. The Hall–Kier alpha value is -0.670. The summed E-state index contributed by atoms with van der Waals surface area (Å²) in [6.07, 6.45) is 0. The maximum atomic E-state index is 11.8. The van der Waals surface area contributed by atoms with Crippen LogP contribution in [0.15, 0.2) is 24.3 Å². The van der Waals surface area contributed by atoms with E-state index in [1.807, 2.05) is 17.0 Å². The molecule has 2 rings (SSSR count). The number of halogens is 1. The van der Waals surface area contributed by atoms with Crippen molar-refractivity contribution in [3.8, 4) is 0 Å². The van der Waals surface area contributed by atoms with Gasteiger partial charge in [-0.3, -0.25) is 4.90 Å². The highest BCUT2D eigenvalue weighted by molar-refractivity contribution is 14.1. The zero-order chi connectivity index (χ0) is 14.6. The van der Waals surface area contributed by atoms with Gasteiger partial charge in [0.05, 0.1) is 17.1 Å². The Bertz CT molecular complexity index is 574. The molecule has 0 atom stereocenters. The topological polar surface area (TPSA) is 63.7 Å². The fourth-order valence-corrected chi connectivity index (χ4v) is 3.76. The van der Waals surface area contributed by atoms with Gasteiger partial charge in [-0.25, -0.2) is 13.2 Å². The molecule has 1 fully saturated rings. The van der Waals surface area contributed by atoms with Crippen LogP contribution in [0.25, 0.3) is 0 Å². The first kappa shape index (κ1) is 15.7. The van der Waals surface area contributed by atoms with Crippen molar-refractivity contribution >= 4 is 38.4 Å². The van der Waals surface area contributed by atoms with E-state index in [0.29, 0.717) is 25.2 Å². The van der Waals surface area contributed by atoms with Crippen LogP contribution in [-0.4, -0.2) is 57.0 Å². The molecular formula is C13H16INO4S. The molecule has 110 valence electrons. The Labute approximate surface area is 132 Å². The molecule has 1 aromatic rings. The lowest BCUT2D eigenvalue weighted by atomic mass is 10.2. The van der Waals surface area contributed by atoms with E-state index >= 15 is 0 Å². The van der Waals surface area contributed by atoms with E-state index < -0.39 is 9.84 Å². The third-order valence-corrected chi connectivity index (χ3v) is 5.42. The van der Waals surface area contributed by atoms with E-state index in [0.717, 1.165) is 3.57 Å². The van der Waals surface area contributed by atoms with Crippen LogP contribution in [0.4, 0.5) is 0 Å². The Morgan fingerprint density at radius 1 is 1.30 bits per heavy atom. The lowest BCUT2D eigenvalue weighted by Crippen LogP contribution is -2.41. The number of nitrogens with zero attached hydrogens (tertiary/aromatic N) is 1. The number of ether oxygens (including phenoxy) is 1. The Morgan fingerprint density at radius 2 is 2.00 bits per heavy atom. The van der Waals surface area contributed by atoms with Crippen molar-refractivity contribution in [3.05, 3.63) is 33.4 Å². The average Bonchev–Trinajstić information content (AvgIpc) is 2.40. The van der Waals surface area contributed by atoms with Gasteiger partial charge in [0.1, 0.15) is 6.61 Å². The maximum absolute atomic E-state index is 11.8. The number of carbonyl (C=O) groups excluding carboxylic acids is 1. The highest BCUT2D eigenvalue weighted by Gasteiger charge is 2.21. The van der Waals surface area contributed by atoms with Crippen LogP contribution in [-0.2, 0) is 14.6 Å². The summed E-state index contributed by atoms with van der Waals surface area (Å²) in [7, 11) is -2.86. The lowest BCUT2D eigenvalue weighted by molar-refractivity contribution is 0.0465. The van der Waals surface area contributed by atoms with Crippen molar-refractivity contribution < 1.29 is 17.9 Å². The van der Waals surface area contributed by atoms with E-state index in [9.17, 15) is 13.2 Å². The van der Waals surface area contributed by atoms with Gasteiger partial charge in [-0.2, -0.15) is 0 Å². The molecule has 0 radical (unpaired) electrons. The third-order valence-electron chi connectivity index (χ3n) is 3.14. The lowest BCUT2D eigenvalue weighted by Gasteiger charge is -2.26. The predicted molar refractivity (Wildman–Crippen MR) is 84.5 cm³/mol. The minimum atomic E-state index is -2.86. The van der Waals surface area contributed by atoms with E-state index in [1.54, 1.807) is 12.1 Å². The van der Waals surface area contributed by atoms with Crippen molar-refractivity contribution in [2.75, 3.05) is 37.7 Å². The third kappa shape index (κ3) is 4.71. The zero-order valence-electron chi connectivity index (χ0n) is 10.9. The monoisotopic (exact) mass is 409 g/mol. The first-order valence-electron chi connectivity index (χ1n) is 6.32. The fourth-order valence-electron chi connectivity index (χ4n) is 1.94. The Morgan fingerprint density at radius 3 is 2.65 bits per heavy atom. The van der Waals surface area contributed by atoms with Crippen molar-refractivity contribution in [2.45, 2.75) is 0 Å². The van der Waals surface area contributed by atoms with Crippen LogP contribution in [0.2, 0.25) is 0 Å². The van der Waals surface area contributed by atoms with E-state index in [1.165, 1.54) is 0 Å². The number of carbonyl (C=O) groups is 1. The van der Waals surface area contributed by atoms with Gasteiger partial charge in [0, 0.05) is 23.2 Å². The summed E-state index contributed by atoms with van der Waals surface area (Å²) in [5, 5.41) is 0. The summed E-state index contributed by atoms with van der Waals surface area (Å²) in [6, 6.07) is 7.22. The minimum absolute atomic E-state index is 0.192. The van der Waals surface area contributed by atoms with Crippen LogP contribution < -0.4 is 0 Å². The molecule has 0 N–H and O–H groups in total. The van der Waals surface area contributed by atoms with Crippen molar-refractivity contribution in [1.82, 2.24) is 4.90 Å². The molecule has 0 saturated carbocycles. The first-order chi connectivity index (χ1) is 9.46. The summed E-state index contributed by atoms with van der Waals surface area (Å²) in [6.45, 7) is 1.89. The molecule has 7 heteroatoms. The smallest absolute Gasteiger partial charge is 0.338 e. The number of hydrogen-bond donors (Lipinski definition) is 0. The standard InChI is InChI=1S/C13H16INO4S/c14-12-3-1-2-11(10-12)13(16)19-7-4-15-5-8-20(17,18)9-6-15/h1-3,10H,4-9H2. The highest BCUT2D eigenvalue weighted by atomic mass is 127. The molecule has 0 unspecified atom stereocenters. The molecule has 0 amide bonds. The number of sulfone groups is 1. The molecule has 20 heavy (non-hydrogen) atoms. The molecule has 1 aliphatic heterocycles. The molecule has 1 heterocycles. The van der Waals surface area contributed by atoms with E-state index in [4.69, 9.17) is 4.74 Å². The van der Waals surface area contributed by atoms with Crippen molar-refractivity contribution in [1.29, 1.82) is 0 Å². The second kappa shape index (κ2) is 6.86. The average molecular weight is 409 g/mol. The van der Waals surface area contributed by atoms with Gasteiger partial charge in [-0.05, 0) is 40.8 Å². The minimum Gasteiger partial charge on any atom is -0.461 e. The van der Waals surface area contributed by atoms with Gasteiger partial charge in [0.15, 0.2) is 9.84 Å². The zero-order valence-corrected chi connectivity index (χ0v) is 13.9. The van der Waals surface area contributed by atoms with Crippen LogP contribution in [0.1, 0.15) is 10.4 Å². The maximum Gasteiger partial charge on any atom is 0.338 e. The predicted octanol–water partition coefficient (Wildman–Crippen LogP) is 1.18. The fraction of sp³-hybridized carbons (Fsp3) is 0.462. The van der Waals surface area contributed by atoms with Crippen LogP contribution in [0.5, 0.6) is 0 Å². The SMILES string of the molecule is O=C(OCCN1CCS(=O)(=O)CC1)c1cccc(I)c1. The van der Waals surface area contributed by atoms with Gasteiger partial charge in [-0.15, -0.1) is 0 Å². The highest BCUT2D eigenvalue weighted by Crippen LogP contribution is 2.09. The largest absolute Gasteiger partial charge is 0.461 e. The Kier molecular flexibility index (Phi) is 5.39. The quantitative estimate of drug-likeness (QED) is 0.552. The summed E-state index contributed by atoms with van der Waals surface area (Å²) in [5.41, 5.74) is 0.540. The molecule has 5 nitrogen and oxygen atoms in total. The van der Waals surface area contributed by atoms with Gasteiger partial charge in [0.2, 0.25) is 0 Å². The summed E-state index contributed by atoms with van der Waals surface area (Å²) < 4.78 is 28.8. The van der Waals surface area contributed by atoms with Crippen LogP contribution >= 0.6 is 22.6 Å². The number of esters is 1. The van der Waals surface area contributed by atoms with Gasteiger partial charge in [0.25, 0.3) is 0 Å². The summed E-state index contributed by atoms with van der Waals surface area (Å²) in [4.78, 5) is 13.8. The van der Waals surface area contributed by atoms with Gasteiger partial charge < -0.3 is 4.74 Å². The second-order valence-electron chi connectivity index (χ2n) is 4.64.